The Morgan fingerprint density at radius 2 is 0.933 bits per heavy atom. The molecule has 0 fully saturated rings. The number of rotatable bonds is 4. The summed E-state index contributed by atoms with van der Waals surface area (Å²) in [5.41, 5.74) is 5.69. The molecule has 0 radical (unpaired) electrons. The molecule has 0 spiro atoms. The van der Waals surface area contributed by atoms with Gasteiger partial charge in [-0.05, 0) is 76.5 Å². The second kappa shape index (κ2) is 7.76. The molecule has 0 aromatic heterocycles. The summed E-state index contributed by atoms with van der Waals surface area (Å²) in [5.74, 6) is 0.293. The third-order valence-electron chi connectivity index (χ3n) is 5.31. The summed E-state index contributed by atoms with van der Waals surface area (Å²) in [5, 5.41) is 11.8. The van der Waals surface area contributed by atoms with Gasteiger partial charge in [0.25, 0.3) is 0 Å². The van der Waals surface area contributed by atoms with Crippen LogP contribution in [0.25, 0.3) is 21.9 Å². The molecule has 2 nitrogen and oxygen atoms in total. The Morgan fingerprint density at radius 1 is 0.433 bits per heavy atom. The zero-order valence-electron chi connectivity index (χ0n) is 16.4. The largest absolute Gasteiger partial charge is 0.508 e. The van der Waals surface area contributed by atoms with E-state index in [9.17, 15) is 5.11 Å². The minimum absolute atomic E-state index is 0.293. The van der Waals surface area contributed by atoms with Crippen LogP contribution >= 0.6 is 0 Å². The van der Waals surface area contributed by atoms with E-state index in [1.807, 2.05) is 18.2 Å². The summed E-state index contributed by atoms with van der Waals surface area (Å²) in [7, 11) is 0. The van der Waals surface area contributed by atoms with Gasteiger partial charge in [0.05, 0.1) is 0 Å². The Morgan fingerprint density at radius 3 is 1.57 bits per heavy atom. The van der Waals surface area contributed by atoms with E-state index in [0.717, 1.165) is 39.0 Å². The Hall–Kier alpha value is -4.04. The van der Waals surface area contributed by atoms with Crippen molar-refractivity contribution >= 4 is 27.8 Å². The van der Waals surface area contributed by atoms with Crippen LogP contribution in [-0.4, -0.2) is 5.11 Å². The maximum Gasteiger partial charge on any atom is 0.116 e. The molecular weight excluding hydrogens is 366 g/mol. The van der Waals surface area contributed by atoms with Gasteiger partial charge in [-0.15, -0.1) is 0 Å². The van der Waals surface area contributed by atoms with Crippen LogP contribution in [0.5, 0.6) is 5.75 Å². The predicted octanol–water partition coefficient (Wildman–Crippen LogP) is 7.68. The number of aromatic hydroxyl groups is 1. The maximum atomic E-state index is 9.68. The monoisotopic (exact) mass is 387 g/mol. The summed E-state index contributed by atoms with van der Waals surface area (Å²) in [6.07, 6.45) is 0. The number of phenols is 1. The first-order valence-electron chi connectivity index (χ1n) is 10.0. The minimum atomic E-state index is 0.293. The maximum absolute atomic E-state index is 9.68. The number of benzene rings is 5. The van der Waals surface area contributed by atoms with Crippen LogP contribution in [0.2, 0.25) is 0 Å². The van der Waals surface area contributed by atoms with Crippen molar-refractivity contribution in [1.82, 2.24) is 0 Å². The molecule has 0 amide bonds. The first-order chi connectivity index (χ1) is 14.8. The van der Waals surface area contributed by atoms with Crippen LogP contribution in [-0.2, 0) is 0 Å². The molecule has 5 rings (SSSR count). The summed E-state index contributed by atoms with van der Waals surface area (Å²) in [6, 6.07) is 41.3. The van der Waals surface area contributed by atoms with Crippen LogP contribution in [0.1, 0.15) is 0 Å². The first-order valence-corrected chi connectivity index (χ1v) is 10.0. The van der Waals surface area contributed by atoms with Gasteiger partial charge in [-0.3, -0.25) is 0 Å². The highest BCUT2D eigenvalue weighted by molar-refractivity contribution is 5.88. The van der Waals surface area contributed by atoms with Crippen LogP contribution in [0, 0.1) is 0 Å². The second-order valence-electron chi connectivity index (χ2n) is 7.30. The summed E-state index contributed by atoms with van der Waals surface area (Å²) < 4.78 is 0. The van der Waals surface area contributed by atoms with Crippen molar-refractivity contribution in [2.45, 2.75) is 0 Å². The van der Waals surface area contributed by atoms with Gasteiger partial charge in [0.15, 0.2) is 0 Å². The lowest BCUT2D eigenvalue weighted by Gasteiger charge is -2.25. The lowest BCUT2D eigenvalue weighted by atomic mass is 10.0. The molecule has 30 heavy (non-hydrogen) atoms. The smallest absolute Gasteiger partial charge is 0.116 e. The first kappa shape index (κ1) is 18.0. The highest BCUT2D eigenvalue weighted by Gasteiger charge is 2.12. The van der Waals surface area contributed by atoms with E-state index in [-0.39, 0.29) is 0 Å². The fourth-order valence-electron chi connectivity index (χ4n) is 3.82. The zero-order valence-corrected chi connectivity index (χ0v) is 16.4. The van der Waals surface area contributed by atoms with E-state index in [4.69, 9.17) is 0 Å². The molecule has 0 heterocycles. The molecule has 0 saturated heterocycles. The van der Waals surface area contributed by atoms with E-state index in [1.165, 1.54) is 0 Å². The lowest BCUT2D eigenvalue weighted by Crippen LogP contribution is -2.09. The lowest BCUT2D eigenvalue weighted by molar-refractivity contribution is 0.476. The van der Waals surface area contributed by atoms with Crippen LogP contribution < -0.4 is 4.90 Å². The van der Waals surface area contributed by atoms with Crippen LogP contribution in [0.15, 0.2) is 121 Å². The molecule has 0 aliphatic carbocycles. The molecule has 0 aliphatic heterocycles. The second-order valence-corrected chi connectivity index (χ2v) is 7.30. The number of anilines is 3. The van der Waals surface area contributed by atoms with Crippen molar-refractivity contribution in [3.05, 3.63) is 121 Å². The van der Waals surface area contributed by atoms with Gasteiger partial charge in [0.1, 0.15) is 5.75 Å². The van der Waals surface area contributed by atoms with Gasteiger partial charge >= 0.3 is 0 Å². The molecule has 0 aliphatic rings. The molecule has 144 valence electrons. The Kier molecular flexibility index (Phi) is 4.66. The summed E-state index contributed by atoms with van der Waals surface area (Å²) in [4.78, 5) is 2.26. The van der Waals surface area contributed by atoms with Crippen molar-refractivity contribution in [2.75, 3.05) is 4.90 Å². The topological polar surface area (TPSA) is 23.5 Å². The molecule has 1 N–H and O–H groups in total. The Balaban J connectivity index is 1.53. The highest BCUT2D eigenvalue weighted by Crippen LogP contribution is 2.35. The third-order valence-corrected chi connectivity index (χ3v) is 5.31. The quantitative estimate of drug-likeness (QED) is 0.342. The van der Waals surface area contributed by atoms with Crippen molar-refractivity contribution in [2.24, 2.45) is 0 Å². The number of para-hydroxylation sites is 2. The van der Waals surface area contributed by atoms with Gasteiger partial charge in [-0.1, -0.05) is 66.7 Å². The van der Waals surface area contributed by atoms with E-state index >= 15 is 0 Å². The Labute approximate surface area is 176 Å². The number of phenolic OH excluding ortho intramolecular Hbond substituents is 1. The third kappa shape index (κ3) is 3.51. The van der Waals surface area contributed by atoms with Gasteiger partial charge in [0.2, 0.25) is 0 Å². The van der Waals surface area contributed by atoms with E-state index < -0.39 is 0 Å². The van der Waals surface area contributed by atoms with Crippen molar-refractivity contribution in [1.29, 1.82) is 0 Å². The predicted molar refractivity (Wildman–Crippen MR) is 126 cm³/mol. The van der Waals surface area contributed by atoms with Gasteiger partial charge in [-0.2, -0.15) is 0 Å². The standard InChI is InChI=1S/C28H21NO/c30-28-18-15-23-19-22(11-12-24(23)20-28)21-13-16-27(17-14-21)29(25-7-3-1-4-8-25)26-9-5-2-6-10-26/h1-20,30H. The minimum Gasteiger partial charge on any atom is -0.508 e. The van der Waals surface area contributed by atoms with Gasteiger partial charge < -0.3 is 10.0 Å². The molecule has 5 aromatic carbocycles. The normalized spacial score (nSPS) is 10.8. The Bertz CT molecular complexity index is 1240. The summed E-state index contributed by atoms with van der Waals surface area (Å²) in [6.45, 7) is 0. The summed E-state index contributed by atoms with van der Waals surface area (Å²) >= 11 is 0. The molecule has 0 atom stereocenters. The highest BCUT2D eigenvalue weighted by atomic mass is 16.3. The molecule has 0 unspecified atom stereocenters. The fraction of sp³-hybridized carbons (Fsp3) is 0. The molecule has 0 saturated carbocycles. The van der Waals surface area contributed by atoms with E-state index in [1.54, 1.807) is 12.1 Å². The van der Waals surface area contributed by atoms with Crippen LogP contribution in [0.3, 0.4) is 0 Å². The number of hydrogen-bond donors (Lipinski definition) is 1. The average molecular weight is 387 g/mol. The molecular formula is C28H21NO. The van der Waals surface area contributed by atoms with Crippen molar-refractivity contribution < 1.29 is 5.11 Å². The average Bonchev–Trinajstić information content (AvgIpc) is 2.81. The number of nitrogens with zero attached hydrogens (tertiary/aromatic N) is 1. The molecule has 2 heteroatoms. The van der Waals surface area contributed by atoms with Crippen molar-refractivity contribution in [3.63, 3.8) is 0 Å². The van der Waals surface area contributed by atoms with E-state index in [0.29, 0.717) is 5.75 Å². The fourth-order valence-corrected chi connectivity index (χ4v) is 3.82. The molecule has 5 aromatic rings. The van der Waals surface area contributed by atoms with E-state index in [2.05, 4.69) is 95.9 Å². The van der Waals surface area contributed by atoms with Gasteiger partial charge in [0, 0.05) is 17.1 Å². The van der Waals surface area contributed by atoms with Gasteiger partial charge in [-0.25, -0.2) is 0 Å². The SMILES string of the molecule is Oc1ccc2cc(-c3ccc(N(c4ccccc4)c4ccccc4)cc3)ccc2c1. The number of hydrogen-bond acceptors (Lipinski definition) is 2. The van der Waals surface area contributed by atoms with Crippen LogP contribution in [0.4, 0.5) is 17.1 Å². The zero-order chi connectivity index (χ0) is 20.3. The molecule has 0 bridgehead atoms. The number of fused-ring (bicyclic) bond motifs is 1. The van der Waals surface area contributed by atoms with Crippen molar-refractivity contribution in [3.8, 4) is 16.9 Å².